The summed E-state index contributed by atoms with van der Waals surface area (Å²) in [5.74, 6) is 0.0930. The Bertz CT molecular complexity index is 1380. The molecule has 0 bridgehead atoms. The predicted octanol–water partition coefficient (Wildman–Crippen LogP) is 11.8. The van der Waals surface area contributed by atoms with Crippen molar-refractivity contribution in [3.05, 3.63) is 154 Å². The van der Waals surface area contributed by atoms with E-state index in [-0.39, 0.29) is 5.78 Å². The van der Waals surface area contributed by atoms with E-state index >= 15 is 0 Å². The second-order valence-corrected chi connectivity index (χ2v) is 8.76. The lowest BCUT2D eigenvalue weighted by atomic mass is 9.89. The van der Waals surface area contributed by atoms with E-state index in [4.69, 9.17) is 0 Å². The monoisotopic (exact) mass is 546 g/mol. The van der Waals surface area contributed by atoms with Crippen LogP contribution in [0.3, 0.4) is 0 Å². The molecule has 0 aliphatic heterocycles. The molecule has 2 aliphatic rings. The molecule has 0 unspecified atom stereocenters. The highest BCUT2D eigenvalue weighted by Gasteiger charge is 2.43. The first-order valence-electron chi connectivity index (χ1n) is 15.2. The lowest BCUT2D eigenvalue weighted by Crippen LogP contribution is -2.06. The van der Waals surface area contributed by atoms with E-state index in [0.717, 1.165) is 62.1 Å². The van der Waals surface area contributed by atoms with Gasteiger partial charge in [-0.15, -0.1) is 6.58 Å². The van der Waals surface area contributed by atoms with Gasteiger partial charge in [-0.2, -0.15) is 0 Å². The van der Waals surface area contributed by atoms with Crippen LogP contribution >= 0.6 is 0 Å². The Hall–Kier alpha value is -3.97. The van der Waals surface area contributed by atoms with Crippen LogP contribution in [0.1, 0.15) is 84.9 Å². The number of hydrogen-bond donors (Lipinski definition) is 0. The van der Waals surface area contributed by atoms with Gasteiger partial charge in [0.15, 0.2) is 5.78 Å². The summed E-state index contributed by atoms with van der Waals surface area (Å²) in [6.45, 7) is 26.3. The SMILES string of the molecule is C=C/C=C1C(=C/C)\C2=C(c3ccccc3)C(=O)C(/C(=C/CC)CC=C)=C2\C\1=C\c1ccccc1C.CC.CC.CC. The molecule has 1 nitrogen and oxygen atoms in total. The number of carbonyl (C=O) groups is 1. The molecule has 0 spiro atoms. The smallest absolute Gasteiger partial charge is 0.195 e. The number of Topliss-reactive ketones (excluding diaryl/α,β-unsaturated/α-hetero) is 1. The molecule has 2 aromatic rings. The fraction of sp³-hybridized carbons (Fsp3) is 0.275. The molecule has 0 heterocycles. The molecule has 4 rings (SSSR count). The van der Waals surface area contributed by atoms with Crippen molar-refractivity contribution in [2.24, 2.45) is 0 Å². The van der Waals surface area contributed by atoms with E-state index < -0.39 is 0 Å². The Morgan fingerprint density at radius 3 is 1.93 bits per heavy atom. The molecule has 0 atom stereocenters. The van der Waals surface area contributed by atoms with Gasteiger partial charge in [-0.25, -0.2) is 0 Å². The Balaban J connectivity index is 0.00000131. The summed E-state index contributed by atoms with van der Waals surface area (Å²) < 4.78 is 0. The molecule has 0 N–H and O–H groups in total. The average Bonchev–Trinajstić information content (AvgIpc) is 3.47. The minimum atomic E-state index is 0.0930. The molecular formula is C40H50O. The van der Waals surface area contributed by atoms with Gasteiger partial charge in [0.2, 0.25) is 0 Å². The van der Waals surface area contributed by atoms with E-state index in [9.17, 15) is 4.79 Å². The molecule has 0 amide bonds. The molecule has 1 fully saturated rings. The van der Waals surface area contributed by atoms with Crippen molar-refractivity contribution in [2.45, 2.75) is 75.2 Å². The minimum absolute atomic E-state index is 0.0930. The molecular weight excluding hydrogens is 496 g/mol. The first kappa shape index (κ1) is 35.1. The number of hydrogen-bond acceptors (Lipinski definition) is 1. The summed E-state index contributed by atoms with van der Waals surface area (Å²) in [6, 6.07) is 18.4. The van der Waals surface area contributed by atoms with E-state index in [1.807, 2.05) is 91.0 Å². The van der Waals surface area contributed by atoms with Gasteiger partial charge in [-0.3, -0.25) is 4.79 Å². The summed E-state index contributed by atoms with van der Waals surface area (Å²) in [5, 5.41) is 0. The van der Waals surface area contributed by atoms with Crippen molar-refractivity contribution in [1.82, 2.24) is 0 Å². The lowest BCUT2D eigenvalue weighted by molar-refractivity contribution is -0.110. The first-order valence-corrected chi connectivity index (χ1v) is 15.2. The molecule has 216 valence electrons. The number of ketones is 1. The lowest BCUT2D eigenvalue weighted by Gasteiger charge is -2.13. The number of fused-ring (bicyclic) bond motifs is 1. The summed E-state index contributed by atoms with van der Waals surface area (Å²) in [4.78, 5) is 14.2. The predicted molar refractivity (Wildman–Crippen MR) is 184 cm³/mol. The highest BCUT2D eigenvalue weighted by molar-refractivity contribution is 6.37. The van der Waals surface area contributed by atoms with Gasteiger partial charge in [0.1, 0.15) is 0 Å². The van der Waals surface area contributed by atoms with Crippen LogP contribution in [-0.2, 0) is 4.79 Å². The Kier molecular flexibility index (Phi) is 15.7. The zero-order valence-electron chi connectivity index (χ0n) is 26.9. The minimum Gasteiger partial charge on any atom is -0.289 e. The fourth-order valence-corrected chi connectivity index (χ4v) is 5.08. The van der Waals surface area contributed by atoms with Crippen molar-refractivity contribution in [1.29, 1.82) is 0 Å². The zero-order chi connectivity index (χ0) is 30.9. The Morgan fingerprint density at radius 2 is 1.39 bits per heavy atom. The van der Waals surface area contributed by atoms with Gasteiger partial charge < -0.3 is 0 Å². The van der Waals surface area contributed by atoms with Crippen LogP contribution in [0.15, 0.2) is 137 Å². The molecule has 0 saturated heterocycles. The van der Waals surface area contributed by atoms with Gasteiger partial charge >= 0.3 is 0 Å². The molecule has 1 heteroatoms. The third-order valence-electron chi connectivity index (χ3n) is 6.58. The third-order valence-corrected chi connectivity index (χ3v) is 6.58. The fourth-order valence-electron chi connectivity index (χ4n) is 5.08. The maximum Gasteiger partial charge on any atom is 0.195 e. The molecule has 2 aliphatic carbocycles. The van der Waals surface area contributed by atoms with Crippen LogP contribution in [0.4, 0.5) is 0 Å². The van der Waals surface area contributed by atoms with Gasteiger partial charge in [-0.1, -0.05) is 140 Å². The second kappa shape index (κ2) is 18.4. The van der Waals surface area contributed by atoms with Crippen molar-refractivity contribution >= 4 is 17.4 Å². The normalized spacial score (nSPS) is 17.0. The maximum atomic E-state index is 14.2. The van der Waals surface area contributed by atoms with Gasteiger partial charge in [-0.05, 0) is 71.7 Å². The Morgan fingerprint density at radius 1 is 0.780 bits per heavy atom. The largest absolute Gasteiger partial charge is 0.289 e. The second-order valence-electron chi connectivity index (χ2n) is 8.76. The molecule has 41 heavy (non-hydrogen) atoms. The van der Waals surface area contributed by atoms with Gasteiger partial charge in [0.25, 0.3) is 0 Å². The molecule has 2 aromatic carbocycles. The highest BCUT2D eigenvalue weighted by atomic mass is 16.1. The van der Waals surface area contributed by atoms with Crippen LogP contribution in [0.2, 0.25) is 0 Å². The summed E-state index contributed by atoms with van der Waals surface area (Å²) in [7, 11) is 0. The van der Waals surface area contributed by atoms with Crippen molar-refractivity contribution < 1.29 is 4.79 Å². The molecule has 0 aromatic heterocycles. The van der Waals surface area contributed by atoms with Crippen molar-refractivity contribution in [3.63, 3.8) is 0 Å². The van der Waals surface area contributed by atoms with Crippen molar-refractivity contribution in [2.75, 3.05) is 0 Å². The first-order chi connectivity index (χ1) is 20.1. The molecule has 1 saturated carbocycles. The summed E-state index contributed by atoms with van der Waals surface area (Å²) in [6.07, 6.45) is 13.8. The van der Waals surface area contributed by atoms with E-state index in [0.29, 0.717) is 6.42 Å². The van der Waals surface area contributed by atoms with Crippen LogP contribution in [0.5, 0.6) is 0 Å². The van der Waals surface area contributed by atoms with Crippen LogP contribution in [0.25, 0.3) is 11.6 Å². The van der Waals surface area contributed by atoms with Gasteiger partial charge in [0, 0.05) is 22.3 Å². The number of benzene rings is 2. The van der Waals surface area contributed by atoms with E-state index in [2.05, 4.69) is 75.6 Å². The number of allylic oxidation sites excluding steroid dienone is 13. The van der Waals surface area contributed by atoms with Crippen LogP contribution < -0.4 is 0 Å². The number of aryl methyl sites for hydroxylation is 1. The van der Waals surface area contributed by atoms with Crippen molar-refractivity contribution in [3.8, 4) is 0 Å². The average molecular weight is 547 g/mol. The topological polar surface area (TPSA) is 17.1 Å². The van der Waals surface area contributed by atoms with Crippen LogP contribution in [0, 0.1) is 6.92 Å². The highest BCUT2D eigenvalue weighted by Crippen LogP contribution is 2.55. The third kappa shape index (κ3) is 7.61. The summed E-state index contributed by atoms with van der Waals surface area (Å²) >= 11 is 0. The zero-order valence-corrected chi connectivity index (χ0v) is 26.9. The Labute approximate surface area is 250 Å². The quantitative estimate of drug-likeness (QED) is 0.316. The van der Waals surface area contributed by atoms with Crippen LogP contribution in [-0.4, -0.2) is 5.78 Å². The maximum absolute atomic E-state index is 14.2. The number of carbonyl (C=O) groups excluding carboxylic acids is 1. The summed E-state index contributed by atoms with van der Waals surface area (Å²) in [5.41, 5.74) is 11.2. The van der Waals surface area contributed by atoms with E-state index in [1.165, 1.54) is 5.56 Å². The number of rotatable bonds is 7. The van der Waals surface area contributed by atoms with E-state index in [1.54, 1.807) is 0 Å². The molecule has 0 radical (unpaired) electrons. The standard InChI is InChI=1S/C34H32O.3C2H6/c1-6-15-24(16-7-2)30-33-29(22-26-21-14-13-18-23(26)5)28(17-8-3)27(9-4)32(33)31(34(30)35)25-19-11-10-12-20-25;3*1-2/h6,8-14,16-22H,1,3,7,15H2,2,4-5H3;3*1-2H3/b24-16+,27-9+,28-17+,29-22+;;;. The van der Waals surface area contributed by atoms with Gasteiger partial charge in [0.05, 0.1) is 0 Å².